The molecule has 0 bridgehead atoms. The third-order valence-electron chi connectivity index (χ3n) is 5.61. The fourth-order valence-corrected chi connectivity index (χ4v) is 4.83. The fourth-order valence-electron chi connectivity index (χ4n) is 3.68. The lowest BCUT2D eigenvalue weighted by Gasteiger charge is -2.27. The van der Waals surface area contributed by atoms with E-state index in [4.69, 9.17) is 9.26 Å². The van der Waals surface area contributed by atoms with Gasteiger partial charge in [-0.1, -0.05) is 29.4 Å². The molecule has 32 heavy (non-hydrogen) atoms. The van der Waals surface area contributed by atoms with Crippen LogP contribution in [-0.4, -0.2) is 47.3 Å². The van der Waals surface area contributed by atoms with Crippen LogP contribution in [0, 0.1) is 13.8 Å². The van der Waals surface area contributed by atoms with Crippen molar-refractivity contribution >= 4 is 17.7 Å². The Morgan fingerprint density at radius 2 is 1.91 bits per heavy atom. The van der Waals surface area contributed by atoms with Crippen molar-refractivity contribution in [1.29, 1.82) is 0 Å². The van der Waals surface area contributed by atoms with Gasteiger partial charge in [0.2, 0.25) is 0 Å². The number of aromatic nitrogens is 2. The molecule has 4 rings (SSSR count). The molecule has 2 aromatic heterocycles. The highest BCUT2D eigenvalue weighted by molar-refractivity contribution is 7.98. The predicted molar refractivity (Wildman–Crippen MR) is 123 cm³/mol. The number of pyridine rings is 1. The SMILES string of the molecule is Cc1noc(C)c1CSc1ncccc1C(=O)NCc1ccccc1CN1CCOCC1. The van der Waals surface area contributed by atoms with Gasteiger partial charge in [-0.15, -0.1) is 11.8 Å². The van der Waals surface area contributed by atoms with Crippen LogP contribution in [-0.2, 0) is 23.6 Å². The Labute approximate surface area is 192 Å². The van der Waals surface area contributed by atoms with Crippen molar-refractivity contribution < 1.29 is 14.1 Å². The lowest BCUT2D eigenvalue weighted by molar-refractivity contribution is 0.0340. The average Bonchev–Trinajstić information content (AvgIpc) is 3.15. The van der Waals surface area contributed by atoms with E-state index in [1.54, 1.807) is 12.3 Å². The summed E-state index contributed by atoms with van der Waals surface area (Å²) in [6.45, 7) is 8.57. The summed E-state index contributed by atoms with van der Waals surface area (Å²) in [5, 5.41) is 7.78. The summed E-state index contributed by atoms with van der Waals surface area (Å²) in [6.07, 6.45) is 1.71. The van der Waals surface area contributed by atoms with E-state index in [1.165, 1.54) is 17.3 Å². The number of hydrogen-bond donors (Lipinski definition) is 1. The van der Waals surface area contributed by atoms with Crippen molar-refractivity contribution in [1.82, 2.24) is 20.4 Å². The number of nitrogens with zero attached hydrogens (tertiary/aromatic N) is 3. The number of aryl methyl sites for hydroxylation is 2. The van der Waals surface area contributed by atoms with Crippen LogP contribution in [0.15, 0.2) is 52.1 Å². The van der Waals surface area contributed by atoms with Gasteiger partial charge in [0, 0.05) is 43.7 Å². The molecule has 168 valence electrons. The molecule has 1 N–H and O–H groups in total. The maximum absolute atomic E-state index is 13.0. The Bertz CT molecular complexity index is 1040. The van der Waals surface area contributed by atoms with Gasteiger partial charge in [-0.25, -0.2) is 4.98 Å². The number of carbonyl (C=O) groups excluding carboxylic acids is 1. The highest BCUT2D eigenvalue weighted by Gasteiger charge is 2.17. The monoisotopic (exact) mass is 452 g/mol. The zero-order valence-electron chi connectivity index (χ0n) is 18.5. The molecule has 0 radical (unpaired) electrons. The molecule has 1 aliphatic rings. The molecule has 0 aliphatic carbocycles. The van der Waals surface area contributed by atoms with E-state index in [0.29, 0.717) is 22.9 Å². The lowest BCUT2D eigenvalue weighted by Crippen LogP contribution is -2.36. The van der Waals surface area contributed by atoms with E-state index in [9.17, 15) is 4.79 Å². The number of amides is 1. The summed E-state index contributed by atoms with van der Waals surface area (Å²) < 4.78 is 10.7. The first-order chi connectivity index (χ1) is 15.6. The first-order valence-corrected chi connectivity index (χ1v) is 11.7. The molecule has 1 aliphatic heterocycles. The first-order valence-electron chi connectivity index (χ1n) is 10.8. The number of rotatable bonds is 8. The van der Waals surface area contributed by atoms with Crippen molar-refractivity contribution in [3.8, 4) is 0 Å². The van der Waals surface area contributed by atoms with Gasteiger partial charge in [0.15, 0.2) is 0 Å². The van der Waals surface area contributed by atoms with Crippen LogP contribution >= 0.6 is 11.8 Å². The van der Waals surface area contributed by atoms with E-state index in [1.807, 2.05) is 32.0 Å². The molecule has 3 heterocycles. The lowest BCUT2D eigenvalue weighted by atomic mass is 10.1. The van der Waals surface area contributed by atoms with Gasteiger partial charge in [-0.3, -0.25) is 9.69 Å². The second-order valence-electron chi connectivity index (χ2n) is 7.79. The van der Waals surface area contributed by atoms with Crippen LogP contribution in [0.2, 0.25) is 0 Å². The molecule has 0 unspecified atom stereocenters. The molecule has 0 saturated carbocycles. The Balaban J connectivity index is 1.41. The quantitative estimate of drug-likeness (QED) is 0.522. The molecule has 1 saturated heterocycles. The summed E-state index contributed by atoms with van der Waals surface area (Å²) in [7, 11) is 0. The molecule has 0 atom stereocenters. The van der Waals surface area contributed by atoms with Crippen LogP contribution in [0.25, 0.3) is 0 Å². The molecule has 0 spiro atoms. The third-order valence-corrected chi connectivity index (χ3v) is 6.64. The summed E-state index contributed by atoms with van der Waals surface area (Å²) in [5.74, 6) is 1.33. The smallest absolute Gasteiger partial charge is 0.254 e. The summed E-state index contributed by atoms with van der Waals surface area (Å²) >= 11 is 1.52. The average molecular weight is 453 g/mol. The van der Waals surface area contributed by atoms with Gasteiger partial charge in [0.25, 0.3) is 5.91 Å². The largest absolute Gasteiger partial charge is 0.379 e. The summed E-state index contributed by atoms with van der Waals surface area (Å²) in [5.41, 5.74) is 4.85. The molecule has 1 fully saturated rings. The minimum absolute atomic E-state index is 0.125. The highest BCUT2D eigenvalue weighted by Crippen LogP contribution is 2.27. The standard InChI is InChI=1S/C24H28N4O3S/c1-17-22(18(2)31-27-17)16-32-24-21(8-5-9-25-24)23(29)26-14-19-6-3-4-7-20(19)15-28-10-12-30-13-11-28/h3-9H,10-16H2,1-2H3,(H,26,29). The maximum Gasteiger partial charge on any atom is 0.254 e. The molecule has 1 aromatic carbocycles. The molecule has 1 amide bonds. The number of thioether (sulfide) groups is 1. The van der Waals surface area contributed by atoms with Crippen molar-refractivity contribution in [3.05, 3.63) is 76.3 Å². The maximum atomic E-state index is 13.0. The Kier molecular flexibility index (Phi) is 7.57. The van der Waals surface area contributed by atoms with E-state index in [-0.39, 0.29) is 5.91 Å². The summed E-state index contributed by atoms with van der Waals surface area (Å²) in [4.78, 5) is 19.8. The number of morpholine rings is 1. The Morgan fingerprint density at radius 3 is 2.66 bits per heavy atom. The second-order valence-corrected chi connectivity index (χ2v) is 8.75. The van der Waals surface area contributed by atoms with Crippen molar-refractivity contribution in [3.63, 3.8) is 0 Å². The minimum Gasteiger partial charge on any atom is -0.379 e. The number of nitrogens with one attached hydrogen (secondary N) is 1. The van der Waals surface area contributed by atoms with E-state index < -0.39 is 0 Å². The summed E-state index contributed by atoms with van der Waals surface area (Å²) in [6, 6.07) is 11.9. The number of hydrogen-bond acceptors (Lipinski definition) is 7. The van der Waals surface area contributed by atoms with Crippen LogP contribution < -0.4 is 5.32 Å². The minimum atomic E-state index is -0.125. The number of ether oxygens (including phenoxy) is 1. The van der Waals surface area contributed by atoms with E-state index in [0.717, 1.165) is 55.4 Å². The first kappa shape index (κ1) is 22.5. The third kappa shape index (κ3) is 5.56. The molecule has 7 nitrogen and oxygen atoms in total. The zero-order valence-corrected chi connectivity index (χ0v) is 19.3. The number of carbonyl (C=O) groups is 1. The normalized spacial score (nSPS) is 14.4. The Hall–Kier alpha value is -2.68. The van der Waals surface area contributed by atoms with E-state index >= 15 is 0 Å². The zero-order chi connectivity index (χ0) is 22.3. The van der Waals surface area contributed by atoms with Gasteiger partial charge >= 0.3 is 0 Å². The van der Waals surface area contributed by atoms with E-state index in [2.05, 4.69) is 32.5 Å². The van der Waals surface area contributed by atoms with Crippen LogP contribution in [0.1, 0.15) is 38.5 Å². The van der Waals surface area contributed by atoms with Crippen molar-refractivity contribution in [2.45, 2.75) is 37.7 Å². The fraction of sp³-hybridized carbons (Fsp3) is 0.375. The van der Waals surface area contributed by atoms with Gasteiger partial charge in [0.1, 0.15) is 10.8 Å². The van der Waals surface area contributed by atoms with Gasteiger partial charge < -0.3 is 14.6 Å². The van der Waals surface area contributed by atoms with Crippen LogP contribution in [0.4, 0.5) is 0 Å². The van der Waals surface area contributed by atoms with Crippen LogP contribution in [0.3, 0.4) is 0 Å². The second kappa shape index (κ2) is 10.8. The topological polar surface area (TPSA) is 80.5 Å². The van der Waals surface area contributed by atoms with Crippen molar-refractivity contribution in [2.24, 2.45) is 0 Å². The number of benzene rings is 1. The van der Waals surface area contributed by atoms with Crippen molar-refractivity contribution in [2.75, 3.05) is 26.3 Å². The van der Waals surface area contributed by atoms with Gasteiger partial charge in [-0.2, -0.15) is 0 Å². The molecule has 3 aromatic rings. The predicted octanol–water partition coefficient (Wildman–Crippen LogP) is 3.74. The van der Waals surface area contributed by atoms with Crippen LogP contribution in [0.5, 0.6) is 0 Å². The molecule has 8 heteroatoms. The van der Waals surface area contributed by atoms with Gasteiger partial charge in [0.05, 0.1) is 24.5 Å². The Morgan fingerprint density at radius 1 is 1.12 bits per heavy atom. The highest BCUT2D eigenvalue weighted by atomic mass is 32.2. The molecular formula is C24H28N4O3S. The molecular weight excluding hydrogens is 424 g/mol. The van der Waals surface area contributed by atoms with Gasteiger partial charge in [-0.05, 0) is 37.1 Å².